The van der Waals surface area contributed by atoms with Gasteiger partial charge in [-0.25, -0.2) is 9.68 Å². The molecule has 1 unspecified atom stereocenters. The zero-order valence-corrected chi connectivity index (χ0v) is 6.11. The summed E-state index contributed by atoms with van der Waals surface area (Å²) < 4.78 is 4.16. The second-order valence-corrected chi connectivity index (χ2v) is 1.79. The van der Waals surface area contributed by atoms with E-state index in [4.69, 9.17) is 10.4 Å². The van der Waals surface area contributed by atoms with Crippen LogP contribution in [0.4, 0.5) is 4.79 Å². The smallest absolute Gasteiger partial charge is 0.450 e. The lowest BCUT2D eigenvalue weighted by Gasteiger charge is -2.10. The lowest BCUT2D eigenvalue weighted by Crippen LogP contribution is -2.28. The molecule has 0 fully saturated rings. The summed E-state index contributed by atoms with van der Waals surface area (Å²) in [5.74, 6) is 0. The molecule has 0 spiro atoms. The minimum atomic E-state index is -1.34. The first-order chi connectivity index (χ1) is 5.20. The monoisotopic (exact) mass is 165 g/mol. The molecule has 0 heterocycles. The van der Waals surface area contributed by atoms with Crippen molar-refractivity contribution in [3.8, 4) is 0 Å². The van der Waals surface area contributed by atoms with E-state index in [1.807, 2.05) is 0 Å². The highest BCUT2D eigenvalue weighted by Crippen LogP contribution is 1.92. The molecule has 3 N–H and O–H groups in total. The molecule has 6 heteroatoms. The van der Waals surface area contributed by atoms with Crippen molar-refractivity contribution in [2.24, 2.45) is 0 Å². The van der Waals surface area contributed by atoms with Crippen LogP contribution < -0.4 is 5.32 Å². The molecule has 11 heavy (non-hydrogen) atoms. The average Bonchev–Trinajstić information content (AvgIpc) is 1.98. The summed E-state index contributed by atoms with van der Waals surface area (Å²) in [6.45, 7) is -0.0125. The SMILES string of the molecule is CNC(CCOC(=O)O)OO. The van der Waals surface area contributed by atoms with Crippen LogP contribution >= 0.6 is 0 Å². The van der Waals surface area contributed by atoms with E-state index in [9.17, 15) is 4.79 Å². The van der Waals surface area contributed by atoms with Gasteiger partial charge in [-0.05, 0) is 7.05 Å². The van der Waals surface area contributed by atoms with Crippen molar-refractivity contribution in [3.05, 3.63) is 0 Å². The van der Waals surface area contributed by atoms with Gasteiger partial charge in [-0.2, -0.15) is 0 Å². The molecule has 0 rings (SSSR count). The normalized spacial score (nSPS) is 12.5. The van der Waals surface area contributed by atoms with Gasteiger partial charge in [-0.3, -0.25) is 10.6 Å². The number of ether oxygens (including phenoxy) is 1. The third-order valence-corrected chi connectivity index (χ3v) is 1.05. The Balaban J connectivity index is 3.28. The Morgan fingerprint density at radius 3 is 2.73 bits per heavy atom. The van der Waals surface area contributed by atoms with E-state index < -0.39 is 12.4 Å². The summed E-state index contributed by atoms with van der Waals surface area (Å²) in [4.78, 5) is 13.7. The summed E-state index contributed by atoms with van der Waals surface area (Å²) >= 11 is 0. The second kappa shape index (κ2) is 5.90. The van der Waals surface area contributed by atoms with Gasteiger partial charge in [-0.1, -0.05) is 0 Å². The fourth-order valence-corrected chi connectivity index (χ4v) is 0.503. The van der Waals surface area contributed by atoms with Crippen LogP contribution in [0.5, 0.6) is 0 Å². The van der Waals surface area contributed by atoms with E-state index in [1.165, 1.54) is 0 Å². The van der Waals surface area contributed by atoms with E-state index in [-0.39, 0.29) is 13.0 Å². The lowest BCUT2D eigenvalue weighted by molar-refractivity contribution is -0.287. The minimum Gasteiger partial charge on any atom is -0.450 e. The van der Waals surface area contributed by atoms with E-state index in [0.717, 1.165) is 0 Å². The van der Waals surface area contributed by atoms with E-state index in [2.05, 4.69) is 14.9 Å². The molecule has 0 aliphatic rings. The van der Waals surface area contributed by atoms with Crippen molar-refractivity contribution in [2.75, 3.05) is 13.7 Å². The summed E-state index contributed by atoms with van der Waals surface area (Å²) in [6, 6.07) is 0. The van der Waals surface area contributed by atoms with Gasteiger partial charge in [0, 0.05) is 6.42 Å². The van der Waals surface area contributed by atoms with E-state index >= 15 is 0 Å². The van der Waals surface area contributed by atoms with Crippen molar-refractivity contribution in [2.45, 2.75) is 12.6 Å². The van der Waals surface area contributed by atoms with Gasteiger partial charge in [0.05, 0.1) is 6.61 Å². The summed E-state index contributed by atoms with van der Waals surface area (Å²) in [5, 5.41) is 18.7. The summed E-state index contributed by atoms with van der Waals surface area (Å²) in [5.41, 5.74) is 0. The number of carboxylic acid groups (broad SMARTS) is 1. The van der Waals surface area contributed by atoms with Crippen molar-refractivity contribution < 1.29 is 24.8 Å². The van der Waals surface area contributed by atoms with Gasteiger partial charge in [0.25, 0.3) is 0 Å². The Kier molecular flexibility index (Phi) is 5.44. The fraction of sp³-hybridized carbons (Fsp3) is 0.800. The Hall–Kier alpha value is -0.850. The number of carbonyl (C=O) groups is 1. The number of hydrogen-bond donors (Lipinski definition) is 3. The van der Waals surface area contributed by atoms with Gasteiger partial charge in [0.15, 0.2) is 0 Å². The first-order valence-electron chi connectivity index (χ1n) is 3.04. The van der Waals surface area contributed by atoms with Gasteiger partial charge >= 0.3 is 6.16 Å². The van der Waals surface area contributed by atoms with E-state index in [0.29, 0.717) is 0 Å². The Morgan fingerprint density at radius 2 is 2.36 bits per heavy atom. The number of rotatable bonds is 5. The van der Waals surface area contributed by atoms with E-state index in [1.54, 1.807) is 7.05 Å². The highest BCUT2D eigenvalue weighted by Gasteiger charge is 2.06. The van der Waals surface area contributed by atoms with Gasteiger partial charge in [-0.15, -0.1) is 0 Å². The molecule has 0 radical (unpaired) electrons. The predicted molar refractivity (Wildman–Crippen MR) is 35.2 cm³/mol. The second-order valence-electron chi connectivity index (χ2n) is 1.79. The largest absolute Gasteiger partial charge is 0.505 e. The number of hydrogen-bond acceptors (Lipinski definition) is 5. The first kappa shape index (κ1) is 10.2. The summed E-state index contributed by atoms with van der Waals surface area (Å²) in [7, 11) is 1.57. The minimum absolute atomic E-state index is 0.0125. The third-order valence-electron chi connectivity index (χ3n) is 1.05. The maximum absolute atomic E-state index is 9.81. The van der Waals surface area contributed by atoms with Crippen molar-refractivity contribution in [3.63, 3.8) is 0 Å². The van der Waals surface area contributed by atoms with Crippen LogP contribution in [-0.2, 0) is 9.62 Å². The lowest BCUT2D eigenvalue weighted by atomic mass is 10.4. The maximum Gasteiger partial charge on any atom is 0.505 e. The molecular formula is C5H11NO5. The highest BCUT2D eigenvalue weighted by atomic mass is 17.1. The molecule has 0 saturated heterocycles. The molecule has 0 saturated carbocycles. The van der Waals surface area contributed by atoms with Crippen LogP contribution in [0.2, 0.25) is 0 Å². The van der Waals surface area contributed by atoms with Crippen LogP contribution in [0.1, 0.15) is 6.42 Å². The molecule has 0 amide bonds. The molecule has 0 aliphatic heterocycles. The van der Waals surface area contributed by atoms with Gasteiger partial charge in [0.2, 0.25) is 0 Å². The fourth-order valence-electron chi connectivity index (χ4n) is 0.503. The van der Waals surface area contributed by atoms with Crippen LogP contribution in [0.15, 0.2) is 0 Å². The topological polar surface area (TPSA) is 88.0 Å². The third kappa shape index (κ3) is 5.59. The van der Waals surface area contributed by atoms with Crippen molar-refractivity contribution in [1.29, 1.82) is 0 Å². The van der Waals surface area contributed by atoms with Crippen molar-refractivity contribution >= 4 is 6.16 Å². The predicted octanol–water partition coefficient (Wildman–Crippen LogP) is 0.106. The molecule has 0 aromatic rings. The molecule has 6 nitrogen and oxygen atoms in total. The van der Waals surface area contributed by atoms with Crippen LogP contribution in [0, 0.1) is 0 Å². The molecule has 66 valence electrons. The number of nitrogens with one attached hydrogen (secondary N) is 1. The zero-order chi connectivity index (χ0) is 8.69. The molecular weight excluding hydrogens is 154 g/mol. The molecule has 1 atom stereocenters. The molecule has 0 bridgehead atoms. The van der Waals surface area contributed by atoms with Crippen LogP contribution in [0.3, 0.4) is 0 Å². The molecule has 0 aliphatic carbocycles. The Bertz CT molecular complexity index is 113. The molecule has 0 aromatic heterocycles. The molecule has 0 aromatic carbocycles. The van der Waals surface area contributed by atoms with Gasteiger partial charge in [0.1, 0.15) is 6.23 Å². The Labute approximate surface area is 63.7 Å². The highest BCUT2D eigenvalue weighted by molar-refractivity contribution is 5.56. The quantitative estimate of drug-likeness (QED) is 0.232. The first-order valence-corrected chi connectivity index (χ1v) is 3.04. The summed E-state index contributed by atoms with van der Waals surface area (Å²) in [6.07, 6.45) is -1.66. The Morgan fingerprint density at radius 1 is 1.73 bits per heavy atom. The van der Waals surface area contributed by atoms with Crippen LogP contribution in [0.25, 0.3) is 0 Å². The maximum atomic E-state index is 9.81. The zero-order valence-electron chi connectivity index (χ0n) is 6.11. The van der Waals surface area contributed by atoms with Crippen LogP contribution in [-0.4, -0.2) is 36.4 Å². The average molecular weight is 165 g/mol. The van der Waals surface area contributed by atoms with Crippen molar-refractivity contribution in [1.82, 2.24) is 5.32 Å². The standard InChI is InChI=1S/C5H11NO5/c1-6-4(11-9)2-3-10-5(7)8/h4,6,9H,2-3H2,1H3,(H,7,8). The van der Waals surface area contributed by atoms with Gasteiger partial charge < -0.3 is 9.84 Å².